The number of aromatic nitrogens is 2. The highest BCUT2D eigenvalue weighted by atomic mass is 16.5. The molecule has 1 aliphatic carbocycles. The van der Waals surface area contributed by atoms with Crippen LogP contribution < -0.4 is 10.5 Å². The van der Waals surface area contributed by atoms with E-state index in [0.717, 1.165) is 30.7 Å². The van der Waals surface area contributed by atoms with Crippen molar-refractivity contribution in [2.24, 2.45) is 0 Å². The minimum absolute atomic E-state index is 0.296. The molecule has 0 bridgehead atoms. The molecule has 18 heavy (non-hydrogen) atoms. The van der Waals surface area contributed by atoms with E-state index in [1.54, 1.807) is 0 Å². The number of ether oxygens (including phenoxy) is 1. The summed E-state index contributed by atoms with van der Waals surface area (Å²) in [4.78, 5) is 8.71. The molecule has 4 nitrogen and oxygen atoms in total. The fraction of sp³-hybridized carbons (Fsp3) is 0.714. The zero-order valence-corrected chi connectivity index (χ0v) is 11.4. The van der Waals surface area contributed by atoms with Gasteiger partial charge in [-0.3, -0.25) is 0 Å². The molecule has 0 unspecified atom stereocenters. The maximum absolute atomic E-state index is 6.06. The maximum atomic E-state index is 6.06. The van der Waals surface area contributed by atoms with Crippen molar-refractivity contribution in [3.05, 3.63) is 11.4 Å². The Morgan fingerprint density at radius 3 is 2.44 bits per heavy atom. The summed E-state index contributed by atoms with van der Waals surface area (Å²) in [5.41, 5.74) is 6.77. The van der Waals surface area contributed by atoms with Crippen LogP contribution in [0.3, 0.4) is 0 Å². The second-order valence-corrected chi connectivity index (χ2v) is 5.04. The average Bonchev–Trinajstić information content (AvgIpc) is 2.63. The third kappa shape index (κ3) is 3.12. The van der Waals surface area contributed by atoms with Crippen molar-refractivity contribution >= 4 is 5.82 Å². The quantitative estimate of drug-likeness (QED) is 0.836. The van der Waals surface area contributed by atoms with Crippen molar-refractivity contribution in [3.8, 4) is 5.88 Å². The van der Waals surface area contributed by atoms with Crippen LogP contribution in [0.5, 0.6) is 5.88 Å². The smallest absolute Gasteiger partial charge is 0.222 e. The Morgan fingerprint density at radius 1 is 1.17 bits per heavy atom. The van der Waals surface area contributed by atoms with Crippen molar-refractivity contribution in [1.29, 1.82) is 0 Å². The van der Waals surface area contributed by atoms with Gasteiger partial charge in [-0.15, -0.1) is 0 Å². The van der Waals surface area contributed by atoms with Crippen molar-refractivity contribution in [1.82, 2.24) is 9.97 Å². The molecule has 0 radical (unpaired) electrons. The average molecular weight is 249 g/mol. The highest BCUT2D eigenvalue weighted by Gasteiger charge is 2.17. The van der Waals surface area contributed by atoms with Gasteiger partial charge in [-0.25, -0.2) is 4.98 Å². The molecule has 0 spiro atoms. The fourth-order valence-electron chi connectivity index (χ4n) is 2.35. The van der Waals surface area contributed by atoms with Crippen LogP contribution in [0.25, 0.3) is 0 Å². The second-order valence-electron chi connectivity index (χ2n) is 5.04. The Bertz CT molecular complexity index is 398. The number of nitrogens with zero attached hydrogens (tertiary/aromatic N) is 2. The number of anilines is 1. The maximum Gasteiger partial charge on any atom is 0.222 e. The molecule has 1 aromatic heterocycles. The Labute approximate surface area is 109 Å². The lowest BCUT2D eigenvalue weighted by Gasteiger charge is -2.18. The van der Waals surface area contributed by atoms with Gasteiger partial charge >= 0.3 is 0 Å². The van der Waals surface area contributed by atoms with E-state index in [-0.39, 0.29) is 0 Å². The first-order valence-corrected chi connectivity index (χ1v) is 7.00. The molecule has 1 heterocycles. The standard InChI is InChI=1S/C14H23N3O/c1-3-12-16-13(15)10(2)14(17-12)18-11-8-6-4-5-7-9-11/h11H,3-9H2,1-2H3,(H2,15,16,17). The lowest BCUT2D eigenvalue weighted by molar-refractivity contribution is 0.174. The summed E-state index contributed by atoms with van der Waals surface area (Å²) in [7, 11) is 0. The van der Waals surface area contributed by atoms with Crippen LogP contribution >= 0.6 is 0 Å². The highest BCUT2D eigenvalue weighted by molar-refractivity contribution is 5.44. The van der Waals surface area contributed by atoms with Gasteiger partial charge in [0.1, 0.15) is 17.7 Å². The molecule has 0 aromatic carbocycles. The van der Waals surface area contributed by atoms with Crippen molar-refractivity contribution < 1.29 is 4.74 Å². The summed E-state index contributed by atoms with van der Waals surface area (Å²) in [5, 5.41) is 0. The Kier molecular flexibility index (Phi) is 4.39. The molecular weight excluding hydrogens is 226 g/mol. The van der Waals surface area contributed by atoms with Gasteiger partial charge in [0.25, 0.3) is 0 Å². The van der Waals surface area contributed by atoms with Gasteiger partial charge in [-0.1, -0.05) is 19.8 Å². The van der Waals surface area contributed by atoms with Gasteiger partial charge < -0.3 is 10.5 Å². The number of hydrogen-bond donors (Lipinski definition) is 1. The van der Waals surface area contributed by atoms with Crippen LogP contribution in [0.4, 0.5) is 5.82 Å². The Balaban J connectivity index is 2.14. The highest BCUT2D eigenvalue weighted by Crippen LogP contribution is 2.25. The van der Waals surface area contributed by atoms with E-state index in [0.29, 0.717) is 17.8 Å². The van der Waals surface area contributed by atoms with Crippen LogP contribution in [0, 0.1) is 6.92 Å². The molecule has 2 N–H and O–H groups in total. The SMILES string of the molecule is CCc1nc(N)c(C)c(OC2CCCCCC2)n1. The van der Waals surface area contributed by atoms with E-state index in [4.69, 9.17) is 10.5 Å². The minimum Gasteiger partial charge on any atom is -0.474 e. The van der Waals surface area contributed by atoms with Gasteiger partial charge in [-0.05, 0) is 32.6 Å². The Morgan fingerprint density at radius 2 is 1.83 bits per heavy atom. The Hall–Kier alpha value is -1.32. The summed E-state index contributed by atoms with van der Waals surface area (Å²) < 4.78 is 6.06. The van der Waals surface area contributed by atoms with Crippen LogP contribution in [0.15, 0.2) is 0 Å². The van der Waals surface area contributed by atoms with Gasteiger partial charge in [0.15, 0.2) is 0 Å². The predicted molar refractivity (Wildman–Crippen MR) is 72.7 cm³/mol. The zero-order chi connectivity index (χ0) is 13.0. The van der Waals surface area contributed by atoms with E-state index in [1.165, 1.54) is 25.7 Å². The lowest BCUT2D eigenvalue weighted by atomic mass is 10.1. The summed E-state index contributed by atoms with van der Waals surface area (Å²) >= 11 is 0. The summed E-state index contributed by atoms with van der Waals surface area (Å²) in [5.74, 6) is 2.00. The topological polar surface area (TPSA) is 61.0 Å². The molecule has 1 saturated carbocycles. The first kappa shape index (κ1) is 13.1. The molecule has 0 atom stereocenters. The summed E-state index contributed by atoms with van der Waals surface area (Å²) in [6.07, 6.45) is 8.50. The number of rotatable bonds is 3. The van der Waals surface area contributed by atoms with E-state index in [9.17, 15) is 0 Å². The zero-order valence-electron chi connectivity index (χ0n) is 11.4. The van der Waals surface area contributed by atoms with Gasteiger partial charge in [0.2, 0.25) is 5.88 Å². The van der Waals surface area contributed by atoms with Crippen LogP contribution in [-0.4, -0.2) is 16.1 Å². The van der Waals surface area contributed by atoms with Gasteiger partial charge in [-0.2, -0.15) is 4.98 Å². The van der Waals surface area contributed by atoms with E-state index >= 15 is 0 Å². The van der Waals surface area contributed by atoms with Gasteiger partial charge in [0, 0.05) is 6.42 Å². The first-order valence-electron chi connectivity index (χ1n) is 7.00. The molecule has 1 aromatic rings. The predicted octanol–water partition coefficient (Wildman–Crippen LogP) is 3.03. The monoisotopic (exact) mass is 249 g/mol. The molecule has 0 saturated heterocycles. The molecule has 100 valence electrons. The van der Waals surface area contributed by atoms with Crippen molar-refractivity contribution in [2.45, 2.75) is 64.9 Å². The third-order valence-corrected chi connectivity index (χ3v) is 3.58. The molecule has 1 fully saturated rings. The lowest BCUT2D eigenvalue weighted by Crippen LogP contribution is -2.18. The number of nitrogen functional groups attached to an aromatic ring is 1. The second kappa shape index (κ2) is 6.03. The van der Waals surface area contributed by atoms with E-state index in [1.807, 2.05) is 13.8 Å². The molecular formula is C14H23N3O. The largest absolute Gasteiger partial charge is 0.474 e. The van der Waals surface area contributed by atoms with Crippen molar-refractivity contribution in [3.63, 3.8) is 0 Å². The number of hydrogen-bond acceptors (Lipinski definition) is 4. The van der Waals surface area contributed by atoms with E-state index < -0.39 is 0 Å². The molecule has 4 heteroatoms. The normalized spacial score (nSPS) is 17.4. The molecule has 1 aliphatic rings. The van der Waals surface area contributed by atoms with Crippen molar-refractivity contribution in [2.75, 3.05) is 5.73 Å². The minimum atomic E-state index is 0.296. The molecule has 0 aliphatic heterocycles. The first-order chi connectivity index (χ1) is 8.70. The number of aryl methyl sites for hydroxylation is 1. The summed E-state index contributed by atoms with van der Waals surface area (Å²) in [6, 6.07) is 0. The van der Waals surface area contributed by atoms with Crippen LogP contribution in [-0.2, 0) is 6.42 Å². The number of nitrogens with two attached hydrogens (primary N) is 1. The van der Waals surface area contributed by atoms with Crippen LogP contribution in [0.2, 0.25) is 0 Å². The van der Waals surface area contributed by atoms with E-state index in [2.05, 4.69) is 9.97 Å². The summed E-state index contributed by atoms with van der Waals surface area (Å²) in [6.45, 7) is 3.96. The molecule has 2 rings (SSSR count). The van der Waals surface area contributed by atoms with Gasteiger partial charge in [0.05, 0.1) is 5.56 Å². The third-order valence-electron chi connectivity index (χ3n) is 3.58. The fourth-order valence-corrected chi connectivity index (χ4v) is 2.35. The van der Waals surface area contributed by atoms with Crippen LogP contribution in [0.1, 0.15) is 56.8 Å². The molecule has 0 amide bonds.